The van der Waals surface area contributed by atoms with Crippen molar-refractivity contribution >= 4 is 5.91 Å². The maximum Gasteiger partial charge on any atom is 0.253 e. The Morgan fingerprint density at radius 3 is 2.69 bits per heavy atom. The molecule has 0 aliphatic heterocycles. The number of nitrogens with zero attached hydrogens (tertiary/aromatic N) is 4. The smallest absolute Gasteiger partial charge is 0.253 e. The van der Waals surface area contributed by atoms with Crippen LogP contribution < -0.4 is 5.32 Å². The van der Waals surface area contributed by atoms with Crippen LogP contribution in [-0.4, -0.2) is 46.0 Å². The summed E-state index contributed by atoms with van der Waals surface area (Å²) in [7, 11) is 4.01. The molecule has 2 heterocycles. The van der Waals surface area contributed by atoms with Gasteiger partial charge < -0.3 is 14.8 Å². The van der Waals surface area contributed by atoms with Crippen LogP contribution in [0.3, 0.4) is 0 Å². The number of rotatable bonds is 7. The second-order valence-corrected chi connectivity index (χ2v) is 6.39. The first kappa shape index (κ1) is 17.8. The fourth-order valence-electron chi connectivity index (χ4n) is 2.76. The third kappa shape index (κ3) is 4.55. The first-order valence-electron chi connectivity index (χ1n) is 8.57. The molecule has 0 spiro atoms. The van der Waals surface area contributed by atoms with E-state index < -0.39 is 0 Å². The minimum atomic E-state index is -0.0856. The van der Waals surface area contributed by atoms with Crippen LogP contribution in [0.4, 0.5) is 0 Å². The van der Waals surface area contributed by atoms with Crippen LogP contribution in [-0.2, 0) is 13.0 Å². The summed E-state index contributed by atoms with van der Waals surface area (Å²) < 4.78 is 1.90. The third-order valence-corrected chi connectivity index (χ3v) is 3.99. The Labute approximate surface area is 153 Å². The fourth-order valence-corrected chi connectivity index (χ4v) is 2.76. The highest BCUT2D eigenvalue weighted by Crippen LogP contribution is 2.15. The van der Waals surface area contributed by atoms with Crippen LogP contribution in [0.15, 0.2) is 61.3 Å². The second-order valence-electron chi connectivity index (χ2n) is 6.39. The number of pyridine rings is 1. The molecule has 0 aliphatic carbocycles. The monoisotopic (exact) mass is 349 g/mol. The molecule has 1 N–H and O–H groups in total. The molecule has 6 nitrogen and oxygen atoms in total. The molecule has 0 unspecified atom stereocenters. The van der Waals surface area contributed by atoms with E-state index in [-0.39, 0.29) is 5.91 Å². The standard InChI is InChI=1S/C20H23N5O/c1-24(2)13-17-14-25(15-23-17)19-6-4-3-5-18(19)20(26)22-12-9-16-7-10-21-11-8-16/h3-8,10-11,14-15H,9,12-13H2,1-2H3,(H,22,26). The molecule has 1 amide bonds. The van der Waals surface area contributed by atoms with Gasteiger partial charge in [0.15, 0.2) is 0 Å². The van der Waals surface area contributed by atoms with Crippen LogP contribution in [0.2, 0.25) is 0 Å². The predicted octanol–water partition coefficient (Wildman–Crippen LogP) is 2.30. The zero-order valence-corrected chi connectivity index (χ0v) is 15.1. The van der Waals surface area contributed by atoms with E-state index in [1.54, 1.807) is 18.7 Å². The van der Waals surface area contributed by atoms with Gasteiger partial charge in [-0.15, -0.1) is 0 Å². The molecular formula is C20H23N5O. The molecule has 0 fully saturated rings. The quantitative estimate of drug-likeness (QED) is 0.711. The van der Waals surface area contributed by atoms with Gasteiger partial charge in [0, 0.05) is 31.7 Å². The third-order valence-electron chi connectivity index (χ3n) is 3.99. The lowest BCUT2D eigenvalue weighted by Gasteiger charge is -2.11. The van der Waals surface area contributed by atoms with Crippen molar-refractivity contribution in [3.05, 3.63) is 78.1 Å². The lowest BCUT2D eigenvalue weighted by Crippen LogP contribution is -2.26. The fraction of sp³-hybridized carbons (Fsp3) is 0.250. The number of amides is 1. The Kier molecular flexibility index (Phi) is 5.76. The molecule has 0 radical (unpaired) electrons. The maximum atomic E-state index is 12.6. The summed E-state index contributed by atoms with van der Waals surface area (Å²) in [5.74, 6) is -0.0856. The van der Waals surface area contributed by atoms with E-state index in [0.29, 0.717) is 12.1 Å². The number of aromatic nitrogens is 3. The lowest BCUT2D eigenvalue weighted by atomic mass is 10.1. The summed E-state index contributed by atoms with van der Waals surface area (Å²) in [5.41, 5.74) is 3.57. The number of carbonyl (C=O) groups excluding carboxylic acids is 1. The number of benzene rings is 1. The largest absolute Gasteiger partial charge is 0.352 e. The topological polar surface area (TPSA) is 63.1 Å². The SMILES string of the molecule is CN(C)Cc1cn(-c2ccccc2C(=O)NCCc2ccncc2)cn1. The Hall–Kier alpha value is -2.99. The van der Waals surface area contributed by atoms with E-state index in [0.717, 1.165) is 29.9 Å². The molecule has 1 aromatic carbocycles. The Morgan fingerprint density at radius 1 is 1.15 bits per heavy atom. The van der Waals surface area contributed by atoms with Gasteiger partial charge in [0.1, 0.15) is 0 Å². The van der Waals surface area contributed by atoms with E-state index in [4.69, 9.17) is 0 Å². The molecule has 0 aliphatic rings. The van der Waals surface area contributed by atoms with Gasteiger partial charge in [0.25, 0.3) is 5.91 Å². The van der Waals surface area contributed by atoms with Gasteiger partial charge in [-0.3, -0.25) is 9.78 Å². The highest BCUT2D eigenvalue weighted by atomic mass is 16.1. The van der Waals surface area contributed by atoms with Gasteiger partial charge in [0.2, 0.25) is 0 Å². The number of hydrogen-bond acceptors (Lipinski definition) is 4. The average Bonchev–Trinajstić information content (AvgIpc) is 3.10. The minimum Gasteiger partial charge on any atom is -0.352 e. The summed E-state index contributed by atoms with van der Waals surface area (Å²) in [4.78, 5) is 23.1. The molecule has 0 saturated carbocycles. The first-order chi connectivity index (χ1) is 12.6. The first-order valence-corrected chi connectivity index (χ1v) is 8.57. The van der Waals surface area contributed by atoms with Crippen molar-refractivity contribution in [2.75, 3.05) is 20.6 Å². The van der Waals surface area contributed by atoms with Gasteiger partial charge in [-0.2, -0.15) is 0 Å². The van der Waals surface area contributed by atoms with Crippen molar-refractivity contribution in [3.8, 4) is 5.69 Å². The van der Waals surface area contributed by atoms with Crippen molar-refractivity contribution in [3.63, 3.8) is 0 Å². The molecule has 3 aromatic rings. The van der Waals surface area contributed by atoms with Crippen LogP contribution in [0.5, 0.6) is 0 Å². The van der Waals surface area contributed by atoms with E-state index in [1.165, 1.54) is 0 Å². The zero-order chi connectivity index (χ0) is 18.4. The molecule has 3 rings (SSSR count). The van der Waals surface area contributed by atoms with Crippen molar-refractivity contribution in [2.45, 2.75) is 13.0 Å². The molecule has 0 atom stereocenters. The van der Waals surface area contributed by atoms with Gasteiger partial charge in [0.05, 0.1) is 23.3 Å². The highest BCUT2D eigenvalue weighted by Gasteiger charge is 2.12. The molecule has 26 heavy (non-hydrogen) atoms. The second kappa shape index (κ2) is 8.40. The zero-order valence-electron chi connectivity index (χ0n) is 15.1. The van der Waals surface area contributed by atoms with Gasteiger partial charge in [-0.1, -0.05) is 12.1 Å². The molecule has 0 bridgehead atoms. The number of para-hydroxylation sites is 1. The van der Waals surface area contributed by atoms with Gasteiger partial charge >= 0.3 is 0 Å². The van der Waals surface area contributed by atoms with E-state index in [9.17, 15) is 4.79 Å². The minimum absolute atomic E-state index is 0.0856. The number of hydrogen-bond donors (Lipinski definition) is 1. The van der Waals surface area contributed by atoms with Crippen molar-refractivity contribution in [1.29, 1.82) is 0 Å². The summed E-state index contributed by atoms with van der Waals surface area (Å²) in [6.45, 7) is 1.33. The highest BCUT2D eigenvalue weighted by molar-refractivity contribution is 5.97. The van der Waals surface area contributed by atoms with Crippen molar-refractivity contribution < 1.29 is 4.79 Å². The Balaban J connectivity index is 1.70. The normalized spacial score (nSPS) is 10.9. The van der Waals surface area contributed by atoms with Crippen LogP contribution >= 0.6 is 0 Å². The lowest BCUT2D eigenvalue weighted by molar-refractivity contribution is 0.0954. The summed E-state index contributed by atoms with van der Waals surface area (Å²) in [6.07, 6.45) is 8.01. The van der Waals surface area contributed by atoms with Gasteiger partial charge in [-0.25, -0.2) is 4.98 Å². The predicted molar refractivity (Wildman–Crippen MR) is 101 cm³/mol. The van der Waals surface area contributed by atoms with E-state index >= 15 is 0 Å². The van der Waals surface area contributed by atoms with Crippen LogP contribution in [0, 0.1) is 0 Å². The van der Waals surface area contributed by atoms with Crippen molar-refractivity contribution in [1.82, 2.24) is 24.8 Å². The number of imidazole rings is 1. The molecular weight excluding hydrogens is 326 g/mol. The van der Waals surface area contributed by atoms with Crippen LogP contribution in [0.25, 0.3) is 5.69 Å². The summed E-state index contributed by atoms with van der Waals surface area (Å²) in [5, 5.41) is 3.00. The van der Waals surface area contributed by atoms with E-state index in [1.807, 2.05) is 61.3 Å². The van der Waals surface area contributed by atoms with Gasteiger partial charge in [-0.05, 0) is 50.3 Å². The molecule has 2 aromatic heterocycles. The average molecular weight is 349 g/mol. The summed E-state index contributed by atoms with van der Waals surface area (Å²) in [6, 6.07) is 11.5. The Morgan fingerprint density at radius 2 is 1.92 bits per heavy atom. The molecule has 134 valence electrons. The Bertz CT molecular complexity index is 857. The number of carbonyl (C=O) groups is 1. The van der Waals surface area contributed by atoms with Crippen molar-refractivity contribution in [2.24, 2.45) is 0 Å². The molecule has 0 saturated heterocycles. The number of nitrogens with one attached hydrogen (secondary N) is 1. The molecule has 6 heteroatoms. The van der Waals surface area contributed by atoms with E-state index in [2.05, 4.69) is 20.2 Å². The maximum absolute atomic E-state index is 12.6. The summed E-state index contributed by atoms with van der Waals surface area (Å²) >= 11 is 0. The van der Waals surface area contributed by atoms with Crippen LogP contribution in [0.1, 0.15) is 21.6 Å².